The van der Waals surface area contributed by atoms with E-state index in [-0.39, 0.29) is 36.9 Å². The van der Waals surface area contributed by atoms with Crippen molar-refractivity contribution >= 4 is 16.2 Å². The molecule has 13 heteroatoms. The highest BCUT2D eigenvalue weighted by molar-refractivity contribution is 7.88. The first-order chi connectivity index (χ1) is 20.2. The van der Waals surface area contributed by atoms with E-state index in [9.17, 15) is 26.4 Å². The molecule has 0 saturated heterocycles. The van der Waals surface area contributed by atoms with Gasteiger partial charge in [-0.1, -0.05) is 42.5 Å². The molecule has 3 aromatic rings. The third-order valence-corrected chi connectivity index (χ3v) is 6.97. The van der Waals surface area contributed by atoms with Crippen LogP contribution in [0.5, 0.6) is 23.0 Å². The van der Waals surface area contributed by atoms with Gasteiger partial charge in [0.05, 0.1) is 6.04 Å². The van der Waals surface area contributed by atoms with E-state index in [0.29, 0.717) is 16.9 Å². The van der Waals surface area contributed by atoms with Crippen molar-refractivity contribution in [3.05, 3.63) is 95.6 Å². The number of carbonyl (C=O) groups is 1. The molecule has 43 heavy (non-hydrogen) atoms. The van der Waals surface area contributed by atoms with E-state index >= 15 is 0 Å². The molecule has 1 amide bonds. The summed E-state index contributed by atoms with van der Waals surface area (Å²) in [6.07, 6.45) is 0.946. The monoisotopic (exact) mass is 621 g/mol. The summed E-state index contributed by atoms with van der Waals surface area (Å²) in [6.45, 7) is 8.60. The first-order valence-electron chi connectivity index (χ1n) is 13.0. The molecule has 1 N–H and O–H groups in total. The minimum absolute atomic E-state index is 0.0431. The maximum atomic E-state index is 13.4. The Morgan fingerprint density at radius 2 is 1.70 bits per heavy atom. The number of nitrogens with one attached hydrogen (secondary N) is 1. The highest BCUT2D eigenvalue weighted by Crippen LogP contribution is 2.44. The molecular formula is C30H30F3NO8S. The van der Waals surface area contributed by atoms with E-state index in [1.165, 1.54) is 6.07 Å². The number of alkyl halides is 3. The Bertz CT molecular complexity index is 1590. The normalized spacial score (nSPS) is 13.6. The van der Waals surface area contributed by atoms with Gasteiger partial charge in [-0.2, -0.15) is 21.6 Å². The zero-order chi connectivity index (χ0) is 31.4. The summed E-state index contributed by atoms with van der Waals surface area (Å²) >= 11 is 0. The van der Waals surface area contributed by atoms with Crippen LogP contribution in [-0.4, -0.2) is 32.4 Å². The topological polar surface area (TPSA) is 109 Å². The lowest BCUT2D eigenvalue weighted by molar-refractivity contribution is -0.0500. The molecule has 230 valence electrons. The summed E-state index contributed by atoms with van der Waals surface area (Å²) in [6, 6.07) is 15.2. The number of amides is 1. The number of rotatable bonds is 10. The third kappa shape index (κ3) is 7.92. The number of halogens is 3. The number of allylic oxidation sites excluding steroid dienone is 1. The van der Waals surface area contributed by atoms with Gasteiger partial charge in [0.2, 0.25) is 6.79 Å². The highest BCUT2D eigenvalue weighted by Gasteiger charge is 2.49. The number of fused-ring (bicyclic) bond motifs is 1. The quantitative estimate of drug-likeness (QED) is 0.154. The first kappa shape index (κ1) is 31.5. The molecule has 1 atom stereocenters. The average molecular weight is 622 g/mol. The highest BCUT2D eigenvalue weighted by atomic mass is 32.2. The first-order valence-corrected chi connectivity index (χ1v) is 14.4. The van der Waals surface area contributed by atoms with Crippen molar-refractivity contribution in [3.8, 4) is 23.0 Å². The molecule has 0 spiro atoms. The van der Waals surface area contributed by atoms with Gasteiger partial charge in [-0.05, 0) is 62.1 Å². The number of benzene rings is 3. The Labute approximate surface area is 247 Å². The van der Waals surface area contributed by atoms with Crippen LogP contribution in [0.2, 0.25) is 0 Å². The Morgan fingerprint density at radius 1 is 1.02 bits per heavy atom. The molecule has 3 aromatic carbocycles. The van der Waals surface area contributed by atoms with Crippen LogP contribution in [0.1, 0.15) is 49.1 Å². The number of ether oxygens (including phenoxy) is 4. The minimum Gasteiger partial charge on any atom is -0.489 e. The minimum atomic E-state index is -6.11. The van der Waals surface area contributed by atoms with Gasteiger partial charge in [-0.3, -0.25) is 0 Å². The van der Waals surface area contributed by atoms with Gasteiger partial charge in [0.15, 0.2) is 17.2 Å². The Morgan fingerprint density at radius 3 is 2.33 bits per heavy atom. The maximum Gasteiger partial charge on any atom is 0.534 e. The zero-order valence-electron chi connectivity index (χ0n) is 23.6. The molecule has 4 rings (SSSR count). The van der Waals surface area contributed by atoms with E-state index in [1.807, 2.05) is 30.3 Å². The molecule has 0 fully saturated rings. The van der Waals surface area contributed by atoms with Gasteiger partial charge < -0.3 is 28.4 Å². The van der Waals surface area contributed by atoms with Crippen molar-refractivity contribution in [1.29, 1.82) is 0 Å². The molecule has 0 aliphatic carbocycles. The Hall–Kier alpha value is -4.39. The fraction of sp³-hybridized carbons (Fsp3) is 0.300. The molecule has 0 unspecified atom stereocenters. The van der Waals surface area contributed by atoms with Gasteiger partial charge in [-0.25, -0.2) is 4.79 Å². The number of hydrogen-bond donors (Lipinski definition) is 1. The molecule has 0 bridgehead atoms. The number of hydrogen-bond acceptors (Lipinski definition) is 8. The standard InChI is InChI=1S/C30H30F3NO8S/c1-5-9-20-12-13-21(38-17-19-10-7-6-8-11-19)14-22(20)27(34-28(35)41-29(2,3)4)23-15-25-26(40-18-39-25)16-24(23)42-43(36,37)30(31,32)33/h5-8,10-16,27H,1,9,17-18H2,2-4H3,(H,34,35)/t27-/m0/s1. The van der Waals surface area contributed by atoms with Crippen LogP contribution < -0.4 is 23.7 Å². The largest absolute Gasteiger partial charge is 0.534 e. The second-order valence-electron chi connectivity index (χ2n) is 10.4. The molecule has 1 aliphatic rings. The third-order valence-electron chi connectivity index (χ3n) is 6.00. The van der Waals surface area contributed by atoms with E-state index in [4.69, 9.17) is 18.9 Å². The van der Waals surface area contributed by atoms with Crippen molar-refractivity contribution in [2.24, 2.45) is 0 Å². The van der Waals surface area contributed by atoms with E-state index < -0.39 is 39.1 Å². The van der Waals surface area contributed by atoms with Gasteiger partial charge in [0.1, 0.15) is 18.0 Å². The molecular weight excluding hydrogens is 591 g/mol. The van der Waals surface area contributed by atoms with Crippen LogP contribution in [0.25, 0.3) is 0 Å². The number of carbonyl (C=O) groups excluding carboxylic acids is 1. The lowest BCUT2D eigenvalue weighted by Gasteiger charge is -2.27. The van der Waals surface area contributed by atoms with Gasteiger partial charge >= 0.3 is 21.7 Å². The molecule has 0 saturated carbocycles. The lowest BCUT2D eigenvalue weighted by atomic mass is 9.92. The van der Waals surface area contributed by atoms with Crippen LogP contribution in [-0.2, 0) is 27.9 Å². The number of alkyl carbamates (subject to hydrolysis) is 1. The van der Waals surface area contributed by atoms with Crippen LogP contribution in [0.4, 0.5) is 18.0 Å². The second-order valence-corrected chi connectivity index (χ2v) is 12.0. The van der Waals surface area contributed by atoms with Gasteiger partial charge in [-0.15, -0.1) is 6.58 Å². The fourth-order valence-corrected chi connectivity index (χ4v) is 4.64. The average Bonchev–Trinajstić information content (AvgIpc) is 3.37. The van der Waals surface area contributed by atoms with Crippen LogP contribution in [0.3, 0.4) is 0 Å². The summed E-state index contributed by atoms with van der Waals surface area (Å²) in [7, 11) is -6.11. The summed E-state index contributed by atoms with van der Waals surface area (Å²) in [5.74, 6) is -0.306. The molecule has 1 aliphatic heterocycles. The van der Waals surface area contributed by atoms with Crippen molar-refractivity contribution in [2.45, 2.75) is 51.0 Å². The lowest BCUT2D eigenvalue weighted by Crippen LogP contribution is -2.36. The van der Waals surface area contributed by atoms with Crippen LogP contribution >= 0.6 is 0 Å². The van der Waals surface area contributed by atoms with Crippen molar-refractivity contribution in [1.82, 2.24) is 5.32 Å². The summed E-state index contributed by atoms with van der Waals surface area (Å²) in [5.41, 5.74) is -5.00. The maximum absolute atomic E-state index is 13.4. The molecule has 9 nitrogen and oxygen atoms in total. The molecule has 0 radical (unpaired) electrons. The predicted molar refractivity (Wildman–Crippen MR) is 150 cm³/mol. The Balaban J connectivity index is 1.87. The summed E-state index contributed by atoms with van der Waals surface area (Å²) in [5, 5.41) is 2.66. The van der Waals surface area contributed by atoms with Crippen molar-refractivity contribution < 1.29 is 49.5 Å². The molecule has 0 aromatic heterocycles. The van der Waals surface area contributed by atoms with E-state index in [1.54, 1.807) is 45.0 Å². The zero-order valence-corrected chi connectivity index (χ0v) is 24.4. The Kier molecular flexibility index (Phi) is 9.14. The van der Waals surface area contributed by atoms with Gasteiger partial charge in [0, 0.05) is 11.6 Å². The van der Waals surface area contributed by atoms with Crippen molar-refractivity contribution in [2.75, 3.05) is 6.79 Å². The smallest absolute Gasteiger partial charge is 0.489 e. The summed E-state index contributed by atoms with van der Waals surface area (Å²) in [4.78, 5) is 13.1. The summed E-state index contributed by atoms with van der Waals surface area (Å²) < 4.78 is 91.1. The predicted octanol–water partition coefficient (Wildman–Crippen LogP) is 6.57. The second kappa shape index (κ2) is 12.5. The van der Waals surface area contributed by atoms with E-state index in [2.05, 4.69) is 16.1 Å². The fourth-order valence-electron chi connectivity index (χ4n) is 4.16. The van der Waals surface area contributed by atoms with Gasteiger partial charge in [0.25, 0.3) is 0 Å². The van der Waals surface area contributed by atoms with Crippen molar-refractivity contribution in [3.63, 3.8) is 0 Å². The van der Waals surface area contributed by atoms with E-state index in [0.717, 1.165) is 11.6 Å². The van der Waals surface area contributed by atoms with Crippen LogP contribution in [0.15, 0.2) is 73.3 Å². The van der Waals surface area contributed by atoms with Crippen LogP contribution in [0, 0.1) is 0 Å². The molecule has 1 heterocycles. The SMILES string of the molecule is C=CCc1ccc(OCc2ccccc2)cc1[C@H](NC(=O)OC(C)(C)C)c1cc2c(cc1OS(=O)(=O)C(F)(F)F)OCO2.